The van der Waals surface area contributed by atoms with E-state index in [2.05, 4.69) is 502 Å². The average molecular weight is 1530 g/mol. The van der Waals surface area contributed by atoms with Gasteiger partial charge in [-0.2, -0.15) is 0 Å². The smallest absolute Gasteiger partial charge is 0.0541 e. The fourth-order valence-corrected chi connectivity index (χ4v) is 17.9. The molecule has 0 saturated carbocycles. The molecular weight excluding hydrogens is 1450 g/mol. The monoisotopic (exact) mass is 1530 g/mol. The van der Waals surface area contributed by atoms with Crippen molar-refractivity contribution < 1.29 is 0 Å². The zero-order valence-electron chi connectivity index (χ0n) is 66.2. The number of benzene rings is 18. The first kappa shape index (κ1) is 71.2. The summed E-state index contributed by atoms with van der Waals surface area (Å²) in [7, 11) is 0. The van der Waals surface area contributed by atoms with Crippen molar-refractivity contribution in [2.45, 2.75) is 20.8 Å². The molecule has 0 spiro atoms. The molecule has 0 fully saturated rings. The molecule has 0 radical (unpaired) electrons. The number of fused-ring (bicyclic) bond motifs is 9. The molecule has 0 bridgehead atoms. The molecule has 566 valence electrons. The van der Waals surface area contributed by atoms with Gasteiger partial charge >= 0.3 is 0 Å². The molecule has 8 nitrogen and oxygen atoms in total. The number of para-hydroxylation sites is 7. The molecule has 0 saturated heterocycles. The largest absolute Gasteiger partial charge is 0.310 e. The highest BCUT2D eigenvalue weighted by molar-refractivity contribution is 6.12. The Hall–Kier alpha value is -15.6. The van der Waals surface area contributed by atoms with Crippen LogP contribution in [0.4, 0.5) is 85.3 Å². The standard InChI is InChI=1S/C111H82N8/c1-77-24-20-32-96(72-77)114(82-28-6-4-7-29-82)90-53-47-84(48-54-90)112(85-49-55-91(56-50-85)115(83-30-8-5-9-31-83)97-33-21-25-78(2)73-97)86-51-57-92(58-52-86)116(98-34-22-26-79(3)74-98)99-35-23-27-80(75-99)81-46-71-111-105(76-81)104-40-14-19-45-110(104)119(111)95-69-63-89(64-70-95)113(87-59-65-93(66-60-87)117-106-41-15-10-36-100(106)101-37-11-16-42-107(101)117)88-61-67-94(68-62-88)118-108-43-17-12-38-102(108)103-39-13-18-44-109(103)118/h4-76H,1-3H3. The minimum Gasteiger partial charge on any atom is -0.310 e. The molecule has 0 aliphatic heterocycles. The van der Waals surface area contributed by atoms with E-state index in [1.165, 1.54) is 71.1 Å². The number of rotatable bonds is 19. The van der Waals surface area contributed by atoms with Crippen LogP contribution in [-0.2, 0) is 0 Å². The van der Waals surface area contributed by atoms with Crippen LogP contribution >= 0.6 is 0 Å². The summed E-state index contributed by atoms with van der Waals surface area (Å²) in [6.45, 7) is 6.48. The van der Waals surface area contributed by atoms with Crippen molar-refractivity contribution in [3.8, 4) is 28.2 Å². The molecular formula is C111H82N8. The molecule has 3 aromatic heterocycles. The fourth-order valence-electron chi connectivity index (χ4n) is 17.9. The summed E-state index contributed by atoms with van der Waals surface area (Å²) in [5.41, 5.74) is 32.0. The first-order chi connectivity index (χ1) is 58.7. The molecule has 8 heteroatoms. The number of hydrogen-bond acceptors (Lipinski definition) is 5. The van der Waals surface area contributed by atoms with Gasteiger partial charge in [-0.1, -0.05) is 182 Å². The van der Waals surface area contributed by atoms with Crippen molar-refractivity contribution in [3.63, 3.8) is 0 Å². The van der Waals surface area contributed by atoms with E-state index in [4.69, 9.17) is 0 Å². The Morgan fingerprint density at radius 1 is 0.143 bits per heavy atom. The lowest BCUT2D eigenvalue weighted by atomic mass is 10.0. The molecule has 21 aromatic rings. The molecule has 0 aliphatic rings. The van der Waals surface area contributed by atoms with Crippen LogP contribution in [0.15, 0.2) is 443 Å². The molecule has 0 amide bonds. The zero-order valence-corrected chi connectivity index (χ0v) is 66.2. The lowest BCUT2D eigenvalue weighted by Gasteiger charge is -2.30. The first-order valence-corrected chi connectivity index (χ1v) is 40.8. The Morgan fingerprint density at radius 2 is 0.353 bits per heavy atom. The van der Waals surface area contributed by atoms with Crippen LogP contribution in [0.2, 0.25) is 0 Å². The molecule has 0 N–H and O–H groups in total. The maximum Gasteiger partial charge on any atom is 0.0541 e. The lowest BCUT2D eigenvalue weighted by Crippen LogP contribution is -2.14. The lowest BCUT2D eigenvalue weighted by molar-refractivity contribution is 1.16. The summed E-state index contributed by atoms with van der Waals surface area (Å²) in [6.07, 6.45) is 0. The van der Waals surface area contributed by atoms with Crippen molar-refractivity contribution in [2.75, 3.05) is 24.5 Å². The first-order valence-electron chi connectivity index (χ1n) is 40.8. The Bertz CT molecular complexity index is 6920. The van der Waals surface area contributed by atoms with Crippen LogP contribution in [0.5, 0.6) is 0 Å². The van der Waals surface area contributed by atoms with Gasteiger partial charge in [0, 0.05) is 135 Å². The van der Waals surface area contributed by atoms with Gasteiger partial charge in [-0.25, -0.2) is 0 Å². The molecule has 3 heterocycles. The summed E-state index contributed by atoms with van der Waals surface area (Å²) < 4.78 is 7.19. The van der Waals surface area contributed by atoms with E-state index in [1.807, 2.05) is 0 Å². The predicted molar refractivity (Wildman–Crippen MR) is 503 cm³/mol. The topological polar surface area (TPSA) is 31.0 Å². The van der Waals surface area contributed by atoms with Crippen LogP contribution in [0.25, 0.3) is 93.6 Å². The van der Waals surface area contributed by atoms with Crippen molar-refractivity contribution in [1.82, 2.24) is 13.7 Å². The van der Waals surface area contributed by atoms with Gasteiger partial charge in [-0.15, -0.1) is 0 Å². The van der Waals surface area contributed by atoms with E-state index in [0.29, 0.717) is 0 Å². The Balaban J connectivity index is 0.625. The van der Waals surface area contributed by atoms with Crippen LogP contribution in [-0.4, -0.2) is 13.7 Å². The van der Waals surface area contributed by atoms with Crippen LogP contribution in [0, 0.1) is 20.8 Å². The molecule has 18 aromatic carbocycles. The van der Waals surface area contributed by atoms with E-state index < -0.39 is 0 Å². The van der Waals surface area contributed by atoms with E-state index in [0.717, 1.165) is 125 Å². The summed E-state index contributed by atoms with van der Waals surface area (Å²) >= 11 is 0. The van der Waals surface area contributed by atoms with Crippen molar-refractivity contribution >= 4 is 151 Å². The Morgan fingerprint density at radius 3 is 0.655 bits per heavy atom. The summed E-state index contributed by atoms with van der Waals surface area (Å²) in [6, 6.07) is 162. The van der Waals surface area contributed by atoms with Gasteiger partial charge in [0.05, 0.1) is 33.1 Å². The minimum absolute atomic E-state index is 1.02. The second-order valence-corrected chi connectivity index (χ2v) is 30.8. The molecule has 21 rings (SSSR count). The quantitative estimate of drug-likeness (QED) is 0.0805. The summed E-state index contributed by atoms with van der Waals surface area (Å²) in [5.74, 6) is 0. The summed E-state index contributed by atoms with van der Waals surface area (Å²) in [5, 5.41) is 7.33. The zero-order chi connectivity index (χ0) is 79.4. The Kier molecular flexibility index (Phi) is 18.1. The number of hydrogen-bond donors (Lipinski definition) is 0. The highest BCUT2D eigenvalue weighted by Crippen LogP contribution is 2.47. The highest BCUT2D eigenvalue weighted by atomic mass is 15.2. The van der Waals surface area contributed by atoms with Crippen LogP contribution in [0.3, 0.4) is 0 Å². The highest BCUT2D eigenvalue weighted by Gasteiger charge is 2.24. The van der Waals surface area contributed by atoms with E-state index in [-0.39, 0.29) is 0 Å². The third-order valence-corrected chi connectivity index (χ3v) is 23.3. The van der Waals surface area contributed by atoms with Gasteiger partial charge in [-0.05, 0) is 309 Å². The van der Waals surface area contributed by atoms with Crippen LogP contribution in [0.1, 0.15) is 16.7 Å². The fraction of sp³-hybridized carbons (Fsp3) is 0.0270. The Labute approximate surface area is 692 Å². The van der Waals surface area contributed by atoms with Gasteiger partial charge < -0.3 is 38.2 Å². The van der Waals surface area contributed by atoms with Gasteiger partial charge in [0.1, 0.15) is 0 Å². The second kappa shape index (κ2) is 30.3. The van der Waals surface area contributed by atoms with Gasteiger partial charge in [-0.3, -0.25) is 0 Å². The third-order valence-electron chi connectivity index (χ3n) is 23.3. The van der Waals surface area contributed by atoms with Crippen molar-refractivity contribution in [3.05, 3.63) is 460 Å². The molecule has 0 atom stereocenters. The van der Waals surface area contributed by atoms with Gasteiger partial charge in [0.2, 0.25) is 0 Å². The SMILES string of the molecule is Cc1cccc(N(c2ccccc2)c2ccc(N(c3ccc(N(c4ccccc4)c4cccc(C)c4)cc3)c3ccc(N(c4cccc(C)c4)c4cccc(-c5ccc6c(c5)c5ccccc5n6-c5ccc(N(c6ccc(-n7c8ccccc8c8ccccc87)cc6)c6ccc(-n7c8ccccc8c8ccccc87)cc6)cc5)c4)cc3)cc2)c1. The second-order valence-electron chi connectivity index (χ2n) is 30.8. The van der Waals surface area contributed by atoms with Crippen molar-refractivity contribution in [2.24, 2.45) is 0 Å². The average Bonchev–Trinajstić information content (AvgIpc) is 1.61. The maximum absolute atomic E-state index is 2.42. The van der Waals surface area contributed by atoms with E-state index in [9.17, 15) is 0 Å². The third kappa shape index (κ3) is 13.1. The van der Waals surface area contributed by atoms with Crippen molar-refractivity contribution in [1.29, 1.82) is 0 Å². The minimum atomic E-state index is 1.02. The molecule has 119 heavy (non-hydrogen) atoms. The van der Waals surface area contributed by atoms with Gasteiger partial charge in [0.25, 0.3) is 0 Å². The number of anilines is 15. The maximum atomic E-state index is 2.42. The van der Waals surface area contributed by atoms with E-state index >= 15 is 0 Å². The van der Waals surface area contributed by atoms with Gasteiger partial charge in [0.15, 0.2) is 0 Å². The molecule has 0 aliphatic carbocycles. The normalized spacial score (nSPS) is 11.5. The number of aryl methyl sites for hydroxylation is 3. The number of nitrogens with zero attached hydrogens (tertiary/aromatic N) is 8. The number of aromatic nitrogens is 3. The summed E-state index contributed by atoms with van der Waals surface area (Å²) in [4.78, 5) is 11.8. The van der Waals surface area contributed by atoms with Crippen LogP contribution < -0.4 is 24.5 Å². The predicted octanol–water partition coefficient (Wildman–Crippen LogP) is 30.9. The van der Waals surface area contributed by atoms with E-state index in [1.54, 1.807) is 0 Å². The molecule has 0 unspecified atom stereocenters.